The van der Waals surface area contributed by atoms with Crippen LogP contribution in [0.2, 0.25) is 0 Å². The number of nitrogens with one attached hydrogen (secondary N) is 2. The molecule has 30 heavy (non-hydrogen) atoms. The molecule has 1 aliphatic heterocycles. The molecule has 6 nitrogen and oxygen atoms in total. The van der Waals surface area contributed by atoms with Crippen molar-refractivity contribution in [3.05, 3.63) is 35.9 Å². The predicted molar refractivity (Wildman–Crippen MR) is 136 cm³/mol. The average molecular weight is 549 g/mol. The molecule has 2 fully saturated rings. The van der Waals surface area contributed by atoms with Crippen molar-refractivity contribution in [2.45, 2.75) is 45.1 Å². The minimum absolute atomic E-state index is 0. The molecule has 170 valence electrons. The van der Waals surface area contributed by atoms with Crippen LogP contribution < -0.4 is 10.6 Å². The smallest absolute Gasteiger partial charge is 0.191 e. The Balaban J connectivity index is 0.00000320. The molecule has 0 bridgehead atoms. The fourth-order valence-electron chi connectivity index (χ4n) is 3.95. The summed E-state index contributed by atoms with van der Waals surface area (Å²) in [6.07, 6.45) is 6.96. The molecule has 1 aromatic rings. The lowest BCUT2D eigenvalue weighted by Gasteiger charge is -2.33. The highest BCUT2D eigenvalue weighted by Crippen LogP contribution is 2.48. The average Bonchev–Trinajstić information content (AvgIpc) is 3.45. The van der Waals surface area contributed by atoms with Crippen LogP contribution in [-0.2, 0) is 16.3 Å². The first-order chi connectivity index (χ1) is 13.9. The zero-order chi connectivity index (χ0) is 20.7. The second-order valence-electron chi connectivity index (χ2n) is 8.75. The minimum Gasteiger partial charge on any atom is -0.357 e. The summed E-state index contributed by atoms with van der Waals surface area (Å²) in [5.74, 6) is 1.17. The Labute approximate surface area is 199 Å². The molecule has 2 aliphatic rings. The highest BCUT2D eigenvalue weighted by atomic mass is 127. The molecular formula is C22H37IN4O2S. The van der Waals surface area contributed by atoms with E-state index in [-0.39, 0.29) is 29.7 Å². The predicted octanol–water partition coefficient (Wildman–Crippen LogP) is 2.69. The van der Waals surface area contributed by atoms with Gasteiger partial charge in [-0.15, -0.1) is 24.0 Å². The molecule has 0 radical (unpaired) electrons. The summed E-state index contributed by atoms with van der Waals surface area (Å²) < 4.78 is 22.7. The number of sulfone groups is 1. The Hall–Kier alpha value is -0.870. The number of likely N-dealkylation sites (tertiary alicyclic amines) is 1. The third-order valence-electron chi connectivity index (χ3n) is 6.00. The van der Waals surface area contributed by atoms with Gasteiger partial charge in [-0.1, -0.05) is 30.3 Å². The van der Waals surface area contributed by atoms with Crippen LogP contribution in [0.25, 0.3) is 0 Å². The maximum Gasteiger partial charge on any atom is 0.191 e. The van der Waals surface area contributed by atoms with E-state index in [2.05, 4.69) is 52.8 Å². The number of rotatable bonds is 9. The number of hydrogen-bond donors (Lipinski definition) is 2. The van der Waals surface area contributed by atoms with Gasteiger partial charge in [0.25, 0.3) is 0 Å². The van der Waals surface area contributed by atoms with Gasteiger partial charge in [0.2, 0.25) is 0 Å². The standard InChI is InChI=1S/C22H36N4O2S.HI/c1-3-23-21(24-18-22(11-12-22)17-19-7-5-4-6-8-19)25-20-9-13-26(14-10-20)15-16-29(2,27)28;/h4-8,20H,3,9-18H2,1-2H3,(H2,23,24,25);1H. The summed E-state index contributed by atoms with van der Waals surface area (Å²) in [7, 11) is -2.89. The summed E-state index contributed by atoms with van der Waals surface area (Å²) >= 11 is 0. The molecule has 0 unspecified atom stereocenters. The summed E-state index contributed by atoms with van der Waals surface area (Å²) in [5.41, 5.74) is 1.73. The van der Waals surface area contributed by atoms with E-state index in [9.17, 15) is 8.42 Å². The number of benzene rings is 1. The Morgan fingerprint density at radius 2 is 1.87 bits per heavy atom. The maximum atomic E-state index is 11.4. The Bertz CT molecular complexity index is 774. The first-order valence-electron chi connectivity index (χ1n) is 10.9. The first-order valence-corrected chi connectivity index (χ1v) is 12.9. The van der Waals surface area contributed by atoms with Gasteiger partial charge in [0.1, 0.15) is 9.84 Å². The Kier molecular flexibility index (Phi) is 9.87. The van der Waals surface area contributed by atoms with Crippen molar-refractivity contribution in [1.29, 1.82) is 0 Å². The normalized spacial score (nSPS) is 19.7. The number of guanidine groups is 1. The quantitative estimate of drug-likeness (QED) is 0.282. The van der Waals surface area contributed by atoms with Crippen LogP contribution in [0.1, 0.15) is 38.2 Å². The molecule has 1 aromatic carbocycles. The van der Waals surface area contributed by atoms with Crippen molar-refractivity contribution in [3.63, 3.8) is 0 Å². The van der Waals surface area contributed by atoms with Crippen molar-refractivity contribution in [3.8, 4) is 0 Å². The monoisotopic (exact) mass is 548 g/mol. The van der Waals surface area contributed by atoms with Crippen LogP contribution in [0.4, 0.5) is 0 Å². The van der Waals surface area contributed by atoms with Gasteiger partial charge in [-0.3, -0.25) is 4.99 Å². The lowest BCUT2D eigenvalue weighted by molar-refractivity contribution is 0.216. The van der Waals surface area contributed by atoms with Crippen molar-refractivity contribution in [1.82, 2.24) is 15.5 Å². The van der Waals surface area contributed by atoms with Crippen LogP contribution in [0.3, 0.4) is 0 Å². The zero-order valence-corrected chi connectivity index (χ0v) is 21.4. The van der Waals surface area contributed by atoms with Crippen molar-refractivity contribution < 1.29 is 8.42 Å². The van der Waals surface area contributed by atoms with Crippen molar-refractivity contribution in [2.24, 2.45) is 10.4 Å². The van der Waals surface area contributed by atoms with Crippen LogP contribution >= 0.6 is 24.0 Å². The first kappa shape index (κ1) is 25.4. The molecule has 1 heterocycles. The van der Waals surface area contributed by atoms with Crippen LogP contribution in [0.15, 0.2) is 35.3 Å². The fourth-order valence-corrected chi connectivity index (χ4v) is 4.54. The Morgan fingerprint density at radius 1 is 1.20 bits per heavy atom. The molecule has 3 rings (SSSR count). The van der Waals surface area contributed by atoms with Gasteiger partial charge in [0, 0.05) is 45.0 Å². The summed E-state index contributed by atoms with van der Waals surface area (Å²) in [6, 6.07) is 11.1. The van der Waals surface area contributed by atoms with E-state index in [0.717, 1.165) is 51.4 Å². The van der Waals surface area contributed by atoms with Gasteiger partial charge in [-0.25, -0.2) is 8.42 Å². The molecule has 0 atom stereocenters. The molecule has 0 spiro atoms. The minimum atomic E-state index is -2.89. The highest BCUT2D eigenvalue weighted by Gasteiger charge is 2.42. The van der Waals surface area contributed by atoms with Gasteiger partial charge < -0.3 is 15.5 Å². The molecule has 8 heteroatoms. The maximum absolute atomic E-state index is 11.4. The van der Waals surface area contributed by atoms with Gasteiger partial charge in [0.05, 0.1) is 5.75 Å². The third-order valence-corrected chi connectivity index (χ3v) is 6.93. The number of halogens is 1. The fraction of sp³-hybridized carbons (Fsp3) is 0.682. The molecule has 0 aromatic heterocycles. The summed E-state index contributed by atoms with van der Waals surface area (Å²) in [6.45, 7) is 6.33. The number of piperidine rings is 1. The molecular weight excluding hydrogens is 511 g/mol. The van der Waals surface area contributed by atoms with Crippen LogP contribution in [0.5, 0.6) is 0 Å². The van der Waals surface area contributed by atoms with Crippen LogP contribution in [-0.4, -0.2) is 70.1 Å². The number of nitrogens with zero attached hydrogens (tertiary/aromatic N) is 2. The summed E-state index contributed by atoms with van der Waals surface area (Å²) in [4.78, 5) is 7.18. The van der Waals surface area contributed by atoms with Gasteiger partial charge in [-0.2, -0.15) is 0 Å². The van der Waals surface area contributed by atoms with Gasteiger partial charge >= 0.3 is 0 Å². The molecule has 1 aliphatic carbocycles. The van der Waals surface area contributed by atoms with E-state index < -0.39 is 9.84 Å². The van der Waals surface area contributed by atoms with E-state index >= 15 is 0 Å². The van der Waals surface area contributed by atoms with Crippen molar-refractivity contribution >= 4 is 39.8 Å². The number of hydrogen-bond acceptors (Lipinski definition) is 4. The van der Waals surface area contributed by atoms with E-state index in [1.54, 1.807) is 0 Å². The second kappa shape index (κ2) is 11.7. The topological polar surface area (TPSA) is 73.8 Å². The molecule has 0 amide bonds. The molecule has 2 N–H and O–H groups in total. The Morgan fingerprint density at radius 3 is 2.43 bits per heavy atom. The second-order valence-corrected chi connectivity index (χ2v) is 11.0. The summed E-state index contributed by atoms with van der Waals surface area (Å²) in [5, 5.41) is 7.00. The van der Waals surface area contributed by atoms with Gasteiger partial charge in [0.15, 0.2) is 5.96 Å². The van der Waals surface area contributed by atoms with Crippen LogP contribution in [0, 0.1) is 5.41 Å². The van der Waals surface area contributed by atoms with Crippen molar-refractivity contribution in [2.75, 3.05) is 44.7 Å². The zero-order valence-electron chi connectivity index (χ0n) is 18.3. The lowest BCUT2D eigenvalue weighted by Crippen LogP contribution is -2.49. The van der Waals surface area contributed by atoms with E-state index in [1.165, 1.54) is 24.7 Å². The largest absolute Gasteiger partial charge is 0.357 e. The van der Waals surface area contributed by atoms with E-state index in [0.29, 0.717) is 18.0 Å². The van der Waals surface area contributed by atoms with Gasteiger partial charge in [-0.05, 0) is 50.0 Å². The lowest BCUT2D eigenvalue weighted by atomic mass is 9.97. The van der Waals surface area contributed by atoms with E-state index in [1.807, 2.05) is 0 Å². The molecule has 1 saturated heterocycles. The third kappa shape index (κ3) is 8.70. The molecule has 1 saturated carbocycles. The highest BCUT2D eigenvalue weighted by molar-refractivity contribution is 14.0. The SMILES string of the molecule is CCNC(=NCC1(Cc2ccccc2)CC1)NC1CCN(CCS(C)(=O)=O)CC1.I. The number of aliphatic imine (C=N–C) groups is 1. The van der Waals surface area contributed by atoms with E-state index in [4.69, 9.17) is 4.99 Å².